The van der Waals surface area contributed by atoms with Crippen molar-refractivity contribution in [1.82, 2.24) is 0 Å². The molecule has 0 aliphatic carbocycles. The summed E-state index contributed by atoms with van der Waals surface area (Å²) in [5.41, 5.74) is -7.93. The van der Waals surface area contributed by atoms with Gasteiger partial charge >= 0.3 is 12.4 Å². The molecule has 0 unspecified atom stereocenters. The number of non-ortho nitro benzene ring substituents is 1. The van der Waals surface area contributed by atoms with E-state index in [2.05, 4.69) is 0 Å². The van der Waals surface area contributed by atoms with Crippen molar-refractivity contribution in [3.8, 4) is 5.75 Å². The molecule has 0 spiro atoms. The number of aliphatic hydroxyl groups is 1. The minimum Gasteiger partial charge on any atom is -0.493 e. The average Bonchev–Trinajstić information content (AvgIpc) is 3.17. The fraction of sp³-hybridized carbons (Fsp3) is 0.455. The molecule has 1 aliphatic heterocycles. The zero-order valence-electron chi connectivity index (χ0n) is 18.3. The second-order valence-electron chi connectivity index (χ2n) is 9.03. The van der Waals surface area contributed by atoms with Gasteiger partial charge in [-0.1, -0.05) is 25.4 Å². The first-order valence-corrected chi connectivity index (χ1v) is 10.5. The number of nitrogens with zero attached hydrogens (tertiary/aromatic N) is 1. The summed E-state index contributed by atoms with van der Waals surface area (Å²) in [6, 6.07) is 2.67. The van der Waals surface area contributed by atoms with E-state index in [1.807, 2.05) is 0 Å². The van der Waals surface area contributed by atoms with E-state index < -0.39 is 68.8 Å². The molecule has 1 heterocycles. The second-order valence-corrected chi connectivity index (χ2v) is 9.44. The lowest BCUT2D eigenvalue weighted by molar-refractivity contribution is -0.385. The van der Waals surface area contributed by atoms with Crippen LogP contribution in [0.3, 0.4) is 0 Å². The van der Waals surface area contributed by atoms with Gasteiger partial charge in [-0.25, -0.2) is 4.39 Å². The van der Waals surface area contributed by atoms with E-state index in [0.29, 0.717) is 5.56 Å². The first kappa shape index (κ1) is 27.0. The Balaban J connectivity index is 2.10. The third kappa shape index (κ3) is 5.32. The Hall–Kier alpha value is -2.60. The fourth-order valence-electron chi connectivity index (χ4n) is 4.24. The van der Waals surface area contributed by atoms with Gasteiger partial charge in [0.1, 0.15) is 11.6 Å². The second kappa shape index (κ2) is 8.81. The van der Waals surface area contributed by atoms with Crippen LogP contribution in [-0.4, -0.2) is 28.4 Å². The van der Waals surface area contributed by atoms with Gasteiger partial charge in [0.15, 0.2) is 5.60 Å². The lowest BCUT2D eigenvalue weighted by atomic mass is 9.72. The molecule has 2 aromatic rings. The van der Waals surface area contributed by atoms with Gasteiger partial charge in [0.25, 0.3) is 5.69 Å². The predicted octanol–water partition coefficient (Wildman–Crippen LogP) is 6.54. The Morgan fingerprint density at radius 1 is 1.11 bits per heavy atom. The Morgan fingerprint density at radius 2 is 1.74 bits per heavy atom. The summed E-state index contributed by atoms with van der Waals surface area (Å²) < 4.78 is 102. The molecule has 1 atom stereocenters. The van der Waals surface area contributed by atoms with Gasteiger partial charge in [-0.2, -0.15) is 26.3 Å². The number of rotatable bonds is 6. The number of benzene rings is 2. The highest BCUT2D eigenvalue weighted by atomic mass is 35.5. The number of hydrogen-bond donors (Lipinski definition) is 1. The number of alkyl halides is 6. The summed E-state index contributed by atoms with van der Waals surface area (Å²) in [6.07, 6.45) is -12.9. The number of ether oxygens (including phenoxy) is 1. The molecule has 0 amide bonds. The summed E-state index contributed by atoms with van der Waals surface area (Å²) in [7, 11) is 0. The van der Waals surface area contributed by atoms with Crippen molar-refractivity contribution >= 4 is 17.3 Å². The average molecular weight is 530 g/mol. The molecule has 1 aliphatic rings. The van der Waals surface area contributed by atoms with Crippen molar-refractivity contribution in [2.24, 2.45) is 0 Å². The summed E-state index contributed by atoms with van der Waals surface area (Å²) in [6.45, 7) is 2.66. The highest BCUT2D eigenvalue weighted by Crippen LogP contribution is 2.48. The summed E-state index contributed by atoms with van der Waals surface area (Å²) in [5, 5.41) is 21.0. The van der Waals surface area contributed by atoms with Crippen molar-refractivity contribution in [3.05, 3.63) is 67.5 Å². The van der Waals surface area contributed by atoms with Crippen molar-refractivity contribution in [2.45, 2.75) is 56.5 Å². The van der Waals surface area contributed by atoms with Crippen LogP contribution in [0.5, 0.6) is 5.75 Å². The number of hydrogen-bond acceptors (Lipinski definition) is 4. The Bertz CT molecular complexity index is 1160. The van der Waals surface area contributed by atoms with E-state index in [-0.39, 0.29) is 36.5 Å². The van der Waals surface area contributed by atoms with Crippen LogP contribution >= 0.6 is 11.6 Å². The van der Waals surface area contributed by atoms with E-state index in [4.69, 9.17) is 16.3 Å². The largest absolute Gasteiger partial charge is 0.493 e. The zero-order valence-corrected chi connectivity index (χ0v) is 19.0. The molecule has 0 saturated carbocycles. The molecule has 2 aromatic carbocycles. The molecule has 0 fully saturated rings. The van der Waals surface area contributed by atoms with Crippen LogP contribution in [-0.2, 0) is 24.4 Å². The van der Waals surface area contributed by atoms with E-state index in [1.54, 1.807) is 0 Å². The first-order chi connectivity index (χ1) is 15.9. The highest BCUT2D eigenvalue weighted by molar-refractivity contribution is 6.30. The number of halogens is 8. The van der Waals surface area contributed by atoms with E-state index in [9.17, 15) is 46.0 Å². The Labute approximate surface area is 199 Å². The third-order valence-corrected chi connectivity index (χ3v) is 6.16. The SMILES string of the molecule is CC(C)(C[C@@](O)(Cc1cc(C(F)(F)F)cc(Cl)c1F)C(F)(F)F)c1cc([N+](=O)[O-])cc2c1OCC2. The van der Waals surface area contributed by atoms with Crippen molar-refractivity contribution in [1.29, 1.82) is 0 Å². The molecule has 5 nitrogen and oxygen atoms in total. The van der Waals surface area contributed by atoms with E-state index >= 15 is 0 Å². The molecule has 192 valence electrons. The van der Waals surface area contributed by atoms with Gasteiger partial charge in [-0.05, 0) is 29.5 Å². The molecule has 13 heteroatoms. The molecule has 3 rings (SSSR count). The topological polar surface area (TPSA) is 72.6 Å². The standard InChI is InChI=1S/C22H19ClF7NO4/c1-19(2,15-8-14(31(33)34)6-11-3-4-35-18(11)15)10-20(32,22(28,29)30)9-12-5-13(21(25,26)27)7-16(23)17(12)24/h5-8,32H,3-4,9-10H2,1-2H3/t20-/m0/s1. The van der Waals surface area contributed by atoms with E-state index in [1.165, 1.54) is 19.9 Å². The summed E-state index contributed by atoms with van der Waals surface area (Å²) in [5.74, 6) is -1.39. The van der Waals surface area contributed by atoms with Crippen LogP contribution in [0.2, 0.25) is 5.02 Å². The van der Waals surface area contributed by atoms with Gasteiger partial charge in [0, 0.05) is 36.1 Å². The van der Waals surface area contributed by atoms with Crippen molar-refractivity contribution < 1.29 is 45.5 Å². The monoisotopic (exact) mass is 529 g/mol. The van der Waals surface area contributed by atoms with Crippen LogP contribution in [0.4, 0.5) is 36.4 Å². The zero-order chi connectivity index (χ0) is 26.6. The molecular formula is C22H19ClF7NO4. The van der Waals surface area contributed by atoms with Gasteiger partial charge in [-0.15, -0.1) is 0 Å². The molecule has 35 heavy (non-hydrogen) atoms. The minimum absolute atomic E-state index is 0.00409. The lowest BCUT2D eigenvalue weighted by Crippen LogP contribution is -2.51. The third-order valence-electron chi connectivity index (χ3n) is 5.88. The molecule has 1 N–H and O–H groups in total. The Kier molecular flexibility index (Phi) is 6.79. The van der Waals surface area contributed by atoms with E-state index in [0.717, 1.165) is 6.07 Å². The predicted molar refractivity (Wildman–Crippen MR) is 111 cm³/mol. The van der Waals surface area contributed by atoms with Crippen LogP contribution in [0.25, 0.3) is 0 Å². The maximum absolute atomic E-state index is 14.5. The maximum atomic E-state index is 14.5. The number of nitro groups is 1. The van der Waals surface area contributed by atoms with Gasteiger partial charge in [-0.3, -0.25) is 10.1 Å². The molecular weight excluding hydrogens is 511 g/mol. The number of fused-ring (bicyclic) bond motifs is 1. The van der Waals surface area contributed by atoms with Gasteiger partial charge in [0.05, 0.1) is 22.1 Å². The molecule has 0 radical (unpaired) electrons. The van der Waals surface area contributed by atoms with Crippen LogP contribution in [0.1, 0.15) is 42.5 Å². The van der Waals surface area contributed by atoms with Crippen LogP contribution in [0, 0.1) is 15.9 Å². The van der Waals surface area contributed by atoms with Gasteiger partial charge in [0.2, 0.25) is 0 Å². The smallest absolute Gasteiger partial charge is 0.417 e. The van der Waals surface area contributed by atoms with Crippen molar-refractivity contribution in [2.75, 3.05) is 6.61 Å². The molecule has 0 saturated heterocycles. The van der Waals surface area contributed by atoms with Crippen molar-refractivity contribution in [3.63, 3.8) is 0 Å². The molecule has 0 bridgehead atoms. The summed E-state index contributed by atoms with van der Waals surface area (Å²) in [4.78, 5) is 10.6. The Morgan fingerprint density at radius 3 is 2.29 bits per heavy atom. The fourth-order valence-corrected chi connectivity index (χ4v) is 4.48. The lowest BCUT2D eigenvalue weighted by Gasteiger charge is -2.38. The summed E-state index contributed by atoms with van der Waals surface area (Å²) >= 11 is 5.49. The van der Waals surface area contributed by atoms with Gasteiger partial charge < -0.3 is 9.84 Å². The minimum atomic E-state index is -5.41. The molecule has 0 aromatic heterocycles. The normalized spacial score (nSPS) is 16.0. The number of nitro benzene ring substituents is 1. The maximum Gasteiger partial charge on any atom is 0.417 e. The highest BCUT2D eigenvalue weighted by Gasteiger charge is 2.56. The van der Waals surface area contributed by atoms with Crippen LogP contribution < -0.4 is 4.74 Å². The first-order valence-electron chi connectivity index (χ1n) is 10.1. The van der Waals surface area contributed by atoms with Crippen LogP contribution in [0.15, 0.2) is 24.3 Å². The quantitative estimate of drug-likeness (QED) is 0.262.